The summed E-state index contributed by atoms with van der Waals surface area (Å²) in [6.07, 6.45) is 0. The minimum absolute atomic E-state index is 0.0717. The third-order valence-electron chi connectivity index (χ3n) is 4.32. The van der Waals surface area contributed by atoms with Gasteiger partial charge in [0, 0.05) is 31.9 Å². The van der Waals surface area contributed by atoms with Gasteiger partial charge in [-0.15, -0.1) is 0 Å². The Labute approximate surface area is 142 Å². The molecule has 24 heavy (non-hydrogen) atoms. The number of piperazine rings is 1. The van der Waals surface area contributed by atoms with Crippen LogP contribution in [0.15, 0.2) is 48.5 Å². The molecule has 1 aliphatic rings. The number of aryl methyl sites for hydroxylation is 1. The lowest BCUT2D eigenvalue weighted by atomic mass is 10.1. The van der Waals surface area contributed by atoms with Crippen molar-refractivity contribution in [2.75, 3.05) is 36.4 Å². The molecule has 0 saturated carbocycles. The summed E-state index contributed by atoms with van der Waals surface area (Å²) in [5, 5.41) is 12.2. The third kappa shape index (κ3) is 3.33. The van der Waals surface area contributed by atoms with Gasteiger partial charge in [-0.05, 0) is 30.7 Å². The second-order valence-corrected chi connectivity index (χ2v) is 5.85. The quantitative estimate of drug-likeness (QED) is 0.924. The molecule has 1 aliphatic heterocycles. The predicted octanol–water partition coefficient (Wildman–Crippen LogP) is 3.22. The maximum Gasteiger partial charge on any atom is 0.321 e. The minimum atomic E-state index is -0.0717. The van der Waals surface area contributed by atoms with Crippen molar-refractivity contribution in [1.82, 2.24) is 4.90 Å². The van der Waals surface area contributed by atoms with E-state index >= 15 is 0 Å². The highest BCUT2D eigenvalue weighted by Gasteiger charge is 2.22. The van der Waals surface area contributed by atoms with Gasteiger partial charge in [-0.1, -0.05) is 30.3 Å². The minimum Gasteiger partial charge on any atom is -0.367 e. The fourth-order valence-corrected chi connectivity index (χ4v) is 2.90. The van der Waals surface area contributed by atoms with Crippen molar-refractivity contribution in [3.63, 3.8) is 0 Å². The molecule has 122 valence electrons. The first-order chi connectivity index (χ1) is 11.7. The number of carbonyl (C=O) groups is 1. The highest BCUT2D eigenvalue weighted by atomic mass is 16.2. The first-order valence-corrected chi connectivity index (χ1v) is 8.04. The monoisotopic (exact) mass is 320 g/mol. The van der Waals surface area contributed by atoms with Gasteiger partial charge in [0.2, 0.25) is 0 Å². The van der Waals surface area contributed by atoms with Crippen molar-refractivity contribution in [2.45, 2.75) is 6.92 Å². The molecule has 0 spiro atoms. The average molecular weight is 320 g/mol. The molecule has 1 heterocycles. The molecule has 3 rings (SSSR count). The first kappa shape index (κ1) is 15.9. The van der Waals surface area contributed by atoms with Crippen LogP contribution >= 0.6 is 0 Å². The van der Waals surface area contributed by atoms with Crippen LogP contribution in [-0.4, -0.2) is 37.1 Å². The Hall–Kier alpha value is -3.00. The van der Waals surface area contributed by atoms with E-state index < -0.39 is 0 Å². The Morgan fingerprint density at radius 1 is 1.04 bits per heavy atom. The molecule has 0 unspecified atom stereocenters. The number of hydrogen-bond acceptors (Lipinski definition) is 3. The molecule has 0 radical (unpaired) electrons. The van der Waals surface area contributed by atoms with E-state index in [9.17, 15) is 10.1 Å². The summed E-state index contributed by atoms with van der Waals surface area (Å²) in [7, 11) is 0. The first-order valence-electron chi connectivity index (χ1n) is 8.04. The van der Waals surface area contributed by atoms with Gasteiger partial charge in [-0.2, -0.15) is 5.26 Å². The maximum atomic E-state index is 12.4. The zero-order chi connectivity index (χ0) is 16.9. The fourth-order valence-electron chi connectivity index (χ4n) is 2.90. The molecule has 1 N–H and O–H groups in total. The molecule has 5 heteroatoms. The van der Waals surface area contributed by atoms with Gasteiger partial charge >= 0.3 is 6.03 Å². The Kier molecular flexibility index (Phi) is 4.66. The fraction of sp³-hybridized carbons (Fsp3) is 0.263. The van der Waals surface area contributed by atoms with E-state index in [1.165, 1.54) is 0 Å². The van der Waals surface area contributed by atoms with E-state index in [-0.39, 0.29) is 6.03 Å². The zero-order valence-electron chi connectivity index (χ0n) is 13.7. The summed E-state index contributed by atoms with van der Waals surface area (Å²) in [5.41, 5.74) is 3.52. The van der Waals surface area contributed by atoms with E-state index in [2.05, 4.69) is 16.3 Å². The van der Waals surface area contributed by atoms with Gasteiger partial charge in [0.1, 0.15) is 6.07 Å². The topological polar surface area (TPSA) is 59.4 Å². The number of rotatable bonds is 2. The standard InChI is InChI=1S/C19H20N4O/c1-15-6-2-4-8-17(15)21-19(24)23-12-10-22(11-13-23)18-9-5-3-7-16(18)14-20/h2-9H,10-13H2,1H3,(H,21,24). The number of nitrogens with zero attached hydrogens (tertiary/aromatic N) is 3. The van der Waals surface area contributed by atoms with Crippen molar-refractivity contribution in [2.24, 2.45) is 0 Å². The Morgan fingerprint density at radius 3 is 2.42 bits per heavy atom. The molecule has 2 aromatic rings. The number of nitriles is 1. The van der Waals surface area contributed by atoms with Crippen LogP contribution in [0.4, 0.5) is 16.2 Å². The van der Waals surface area contributed by atoms with Crippen LogP contribution in [0.25, 0.3) is 0 Å². The summed E-state index contributed by atoms with van der Waals surface area (Å²) in [5.74, 6) is 0. The van der Waals surface area contributed by atoms with Crippen molar-refractivity contribution in [3.8, 4) is 6.07 Å². The van der Waals surface area contributed by atoms with E-state index in [4.69, 9.17) is 0 Å². The summed E-state index contributed by atoms with van der Waals surface area (Å²) < 4.78 is 0. The molecular formula is C19H20N4O. The number of nitrogens with one attached hydrogen (secondary N) is 1. The number of carbonyl (C=O) groups excluding carboxylic acids is 1. The van der Waals surface area contributed by atoms with Crippen LogP contribution in [0.1, 0.15) is 11.1 Å². The lowest BCUT2D eigenvalue weighted by Gasteiger charge is -2.36. The van der Waals surface area contributed by atoms with Crippen molar-refractivity contribution >= 4 is 17.4 Å². The molecule has 2 amide bonds. The maximum absolute atomic E-state index is 12.4. The SMILES string of the molecule is Cc1ccccc1NC(=O)N1CCN(c2ccccc2C#N)CC1. The Bertz CT molecular complexity index is 773. The van der Waals surface area contributed by atoms with E-state index in [0.717, 1.165) is 30.0 Å². The molecular weight excluding hydrogens is 300 g/mol. The van der Waals surface area contributed by atoms with Gasteiger partial charge in [0.15, 0.2) is 0 Å². The van der Waals surface area contributed by atoms with Gasteiger partial charge in [-0.25, -0.2) is 4.79 Å². The second-order valence-electron chi connectivity index (χ2n) is 5.85. The lowest BCUT2D eigenvalue weighted by Crippen LogP contribution is -2.50. The smallest absolute Gasteiger partial charge is 0.321 e. The van der Waals surface area contributed by atoms with Crippen molar-refractivity contribution in [3.05, 3.63) is 59.7 Å². The summed E-state index contributed by atoms with van der Waals surface area (Å²) in [6.45, 7) is 4.70. The van der Waals surface area contributed by atoms with Crippen LogP contribution < -0.4 is 10.2 Å². The van der Waals surface area contributed by atoms with Crippen molar-refractivity contribution < 1.29 is 4.79 Å². The number of urea groups is 1. The molecule has 1 saturated heterocycles. The molecule has 0 bridgehead atoms. The molecule has 1 fully saturated rings. The van der Waals surface area contributed by atoms with Crippen molar-refractivity contribution in [1.29, 1.82) is 5.26 Å². The molecule has 0 atom stereocenters. The largest absolute Gasteiger partial charge is 0.367 e. The predicted molar refractivity (Wildman–Crippen MR) is 95.1 cm³/mol. The van der Waals surface area contributed by atoms with Crippen LogP contribution in [0.3, 0.4) is 0 Å². The molecule has 5 nitrogen and oxygen atoms in total. The average Bonchev–Trinajstić information content (AvgIpc) is 2.63. The van der Waals surface area contributed by atoms with E-state index in [0.29, 0.717) is 18.7 Å². The van der Waals surface area contributed by atoms with E-state index in [1.807, 2.05) is 60.4 Å². The highest BCUT2D eigenvalue weighted by Crippen LogP contribution is 2.21. The van der Waals surface area contributed by atoms with Crippen LogP contribution in [0.5, 0.6) is 0 Å². The number of hydrogen-bond donors (Lipinski definition) is 1. The molecule has 0 aromatic heterocycles. The number of benzene rings is 2. The number of para-hydroxylation sites is 2. The second kappa shape index (κ2) is 7.05. The Morgan fingerprint density at radius 2 is 1.71 bits per heavy atom. The van der Waals surface area contributed by atoms with Gasteiger partial charge in [0.05, 0.1) is 11.3 Å². The van der Waals surface area contributed by atoms with Crippen LogP contribution in [-0.2, 0) is 0 Å². The third-order valence-corrected chi connectivity index (χ3v) is 4.32. The van der Waals surface area contributed by atoms with E-state index in [1.54, 1.807) is 0 Å². The van der Waals surface area contributed by atoms with Crippen LogP contribution in [0.2, 0.25) is 0 Å². The Balaban J connectivity index is 1.62. The normalized spacial score (nSPS) is 14.2. The van der Waals surface area contributed by atoms with Gasteiger partial charge in [-0.3, -0.25) is 0 Å². The summed E-state index contributed by atoms with van der Waals surface area (Å²) >= 11 is 0. The lowest BCUT2D eigenvalue weighted by molar-refractivity contribution is 0.208. The highest BCUT2D eigenvalue weighted by molar-refractivity contribution is 5.90. The summed E-state index contributed by atoms with van der Waals surface area (Å²) in [6, 6.07) is 17.5. The van der Waals surface area contributed by atoms with Gasteiger partial charge < -0.3 is 15.1 Å². The van der Waals surface area contributed by atoms with Gasteiger partial charge in [0.25, 0.3) is 0 Å². The molecule has 0 aliphatic carbocycles. The van der Waals surface area contributed by atoms with Crippen LogP contribution in [0, 0.1) is 18.3 Å². The summed E-state index contributed by atoms with van der Waals surface area (Å²) in [4.78, 5) is 16.4. The number of amides is 2. The molecule has 2 aromatic carbocycles. The zero-order valence-corrected chi connectivity index (χ0v) is 13.7. The number of anilines is 2.